The van der Waals surface area contributed by atoms with Crippen LogP contribution in [0.2, 0.25) is 10.0 Å². The summed E-state index contributed by atoms with van der Waals surface area (Å²) < 4.78 is 5.41. The standard InChI is InChI=1S/C20H20Cl2N2O3/c1-20(18(25)23-17-11-15(21)10-16(22)12-17)8-5-9-24(20)19(26)27-13-14-6-3-2-4-7-14/h2-4,6-7,10-12H,5,8-9,13H2,1H3,(H,23,25). The molecule has 2 amide bonds. The number of halogens is 2. The Labute approximate surface area is 168 Å². The maximum absolute atomic E-state index is 12.9. The Balaban J connectivity index is 1.69. The molecule has 0 bridgehead atoms. The smallest absolute Gasteiger partial charge is 0.410 e. The van der Waals surface area contributed by atoms with Crippen molar-refractivity contribution in [3.8, 4) is 0 Å². The van der Waals surface area contributed by atoms with Crippen LogP contribution in [0, 0.1) is 0 Å². The van der Waals surface area contributed by atoms with E-state index in [4.69, 9.17) is 27.9 Å². The quantitative estimate of drug-likeness (QED) is 0.765. The molecule has 1 fully saturated rings. The largest absolute Gasteiger partial charge is 0.445 e. The summed E-state index contributed by atoms with van der Waals surface area (Å²) in [6.45, 7) is 2.37. The number of benzene rings is 2. The molecule has 1 unspecified atom stereocenters. The average molecular weight is 407 g/mol. The summed E-state index contributed by atoms with van der Waals surface area (Å²) in [4.78, 5) is 27.0. The molecule has 1 aliphatic rings. The van der Waals surface area contributed by atoms with Gasteiger partial charge < -0.3 is 10.1 Å². The van der Waals surface area contributed by atoms with Gasteiger partial charge in [-0.2, -0.15) is 0 Å². The number of nitrogens with one attached hydrogen (secondary N) is 1. The third-order valence-electron chi connectivity index (χ3n) is 4.68. The number of ether oxygens (including phenoxy) is 1. The summed E-state index contributed by atoms with van der Waals surface area (Å²) in [7, 11) is 0. The minimum absolute atomic E-state index is 0.164. The molecular formula is C20H20Cl2N2O3. The highest BCUT2D eigenvalue weighted by Gasteiger charge is 2.46. The van der Waals surface area contributed by atoms with Crippen LogP contribution in [0.15, 0.2) is 48.5 Å². The lowest BCUT2D eigenvalue weighted by atomic mass is 9.98. The Hall–Kier alpha value is -2.24. The highest BCUT2D eigenvalue weighted by molar-refractivity contribution is 6.35. The fraction of sp³-hybridized carbons (Fsp3) is 0.300. The molecule has 2 aromatic carbocycles. The molecule has 0 radical (unpaired) electrons. The first-order valence-corrected chi connectivity index (χ1v) is 9.40. The van der Waals surface area contributed by atoms with Gasteiger partial charge in [0.1, 0.15) is 12.1 Å². The van der Waals surface area contributed by atoms with Gasteiger partial charge in [0.15, 0.2) is 0 Å². The second kappa shape index (κ2) is 8.19. The maximum Gasteiger partial charge on any atom is 0.410 e. The molecule has 0 aromatic heterocycles. The lowest BCUT2D eigenvalue weighted by molar-refractivity contribution is -0.125. The molecule has 1 atom stereocenters. The predicted molar refractivity (Wildman–Crippen MR) is 106 cm³/mol. The van der Waals surface area contributed by atoms with Gasteiger partial charge in [0.05, 0.1) is 0 Å². The van der Waals surface area contributed by atoms with Crippen molar-refractivity contribution in [2.75, 3.05) is 11.9 Å². The molecule has 0 saturated carbocycles. The van der Waals surface area contributed by atoms with Crippen LogP contribution in [-0.2, 0) is 16.1 Å². The van der Waals surface area contributed by atoms with E-state index in [-0.39, 0.29) is 12.5 Å². The Morgan fingerprint density at radius 2 is 1.81 bits per heavy atom. The van der Waals surface area contributed by atoms with Crippen molar-refractivity contribution in [1.82, 2.24) is 4.90 Å². The number of likely N-dealkylation sites (tertiary alicyclic amines) is 1. The summed E-state index contributed by atoms with van der Waals surface area (Å²) in [5.74, 6) is -0.296. The minimum Gasteiger partial charge on any atom is -0.445 e. The van der Waals surface area contributed by atoms with Gasteiger partial charge in [-0.15, -0.1) is 0 Å². The van der Waals surface area contributed by atoms with Gasteiger partial charge in [0.2, 0.25) is 5.91 Å². The fourth-order valence-electron chi connectivity index (χ4n) is 3.18. The van der Waals surface area contributed by atoms with E-state index in [9.17, 15) is 9.59 Å². The van der Waals surface area contributed by atoms with Crippen molar-refractivity contribution in [3.63, 3.8) is 0 Å². The number of carbonyl (C=O) groups excluding carboxylic acids is 2. The summed E-state index contributed by atoms with van der Waals surface area (Å²) in [5, 5.41) is 3.66. The Kier molecular flexibility index (Phi) is 5.92. The van der Waals surface area contributed by atoms with Crippen molar-refractivity contribution >= 4 is 40.9 Å². The van der Waals surface area contributed by atoms with Crippen LogP contribution in [0.4, 0.5) is 10.5 Å². The second-order valence-corrected chi connectivity index (χ2v) is 7.55. The van der Waals surface area contributed by atoms with Gasteiger partial charge in [-0.1, -0.05) is 53.5 Å². The molecule has 7 heteroatoms. The van der Waals surface area contributed by atoms with Crippen LogP contribution in [-0.4, -0.2) is 29.0 Å². The zero-order valence-corrected chi connectivity index (χ0v) is 16.4. The molecule has 27 heavy (non-hydrogen) atoms. The van der Waals surface area contributed by atoms with Crippen LogP contribution in [0.3, 0.4) is 0 Å². The number of carbonyl (C=O) groups is 2. The Morgan fingerprint density at radius 3 is 2.48 bits per heavy atom. The second-order valence-electron chi connectivity index (χ2n) is 6.68. The average Bonchev–Trinajstić information content (AvgIpc) is 3.03. The van der Waals surface area contributed by atoms with Gasteiger partial charge >= 0.3 is 6.09 Å². The summed E-state index contributed by atoms with van der Waals surface area (Å²) in [6, 6.07) is 14.2. The zero-order valence-electron chi connectivity index (χ0n) is 14.9. The lowest BCUT2D eigenvalue weighted by Crippen LogP contribution is -2.53. The molecule has 1 N–H and O–H groups in total. The normalized spacial score (nSPS) is 19.0. The molecule has 1 heterocycles. The van der Waals surface area contributed by atoms with Crippen molar-refractivity contribution < 1.29 is 14.3 Å². The van der Waals surface area contributed by atoms with E-state index in [0.717, 1.165) is 12.0 Å². The van der Waals surface area contributed by atoms with E-state index in [1.807, 2.05) is 30.3 Å². The zero-order chi connectivity index (χ0) is 19.4. The number of nitrogens with zero attached hydrogens (tertiary/aromatic N) is 1. The van der Waals surface area contributed by atoms with Crippen LogP contribution >= 0.6 is 23.2 Å². The summed E-state index contributed by atoms with van der Waals surface area (Å²) in [5.41, 5.74) is 0.385. The van der Waals surface area contributed by atoms with E-state index in [1.165, 1.54) is 4.90 Å². The van der Waals surface area contributed by atoms with Gasteiger partial charge in [0, 0.05) is 22.3 Å². The highest BCUT2D eigenvalue weighted by Crippen LogP contribution is 2.32. The molecular weight excluding hydrogens is 387 g/mol. The van der Waals surface area contributed by atoms with Gasteiger partial charge in [-0.25, -0.2) is 4.79 Å². The van der Waals surface area contributed by atoms with Crippen molar-refractivity contribution in [3.05, 3.63) is 64.1 Å². The minimum atomic E-state index is -0.997. The number of anilines is 1. The van der Waals surface area contributed by atoms with E-state index in [2.05, 4.69) is 5.32 Å². The van der Waals surface area contributed by atoms with E-state index in [0.29, 0.717) is 28.7 Å². The first kappa shape index (κ1) is 19.5. The van der Waals surface area contributed by atoms with Gasteiger partial charge in [-0.05, 0) is 43.5 Å². The first-order valence-electron chi connectivity index (χ1n) is 8.64. The third-order valence-corrected chi connectivity index (χ3v) is 5.11. The van der Waals surface area contributed by atoms with Crippen LogP contribution in [0.1, 0.15) is 25.3 Å². The van der Waals surface area contributed by atoms with Crippen LogP contribution in [0.25, 0.3) is 0 Å². The fourth-order valence-corrected chi connectivity index (χ4v) is 3.71. The highest BCUT2D eigenvalue weighted by atomic mass is 35.5. The Morgan fingerprint density at radius 1 is 1.15 bits per heavy atom. The lowest BCUT2D eigenvalue weighted by Gasteiger charge is -2.33. The van der Waals surface area contributed by atoms with Gasteiger partial charge in [-0.3, -0.25) is 9.69 Å². The maximum atomic E-state index is 12.9. The SMILES string of the molecule is CC1(C(=O)Nc2cc(Cl)cc(Cl)c2)CCCN1C(=O)OCc1ccccc1. The van der Waals surface area contributed by atoms with Crippen molar-refractivity contribution in [2.24, 2.45) is 0 Å². The van der Waals surface area contributed by atoms with E-state index < -0.39 is 11.6 Å². The molecule has 0 spiro atoms. The third kappa shape index (κ3) is 4.54. The number of amides is 2. The number of hydrogen-bond donors (Lipinski definition) is 1. The monoisotopic (exact) mass is 406 g/mol. The van der Waals surface area contributed by atoms with Crippen molar-refractivity contribution in [2.45, 2.75) is 31.9 Å². The topological polar surface area (TPSA) is 58.6 Å². The van der Waals surface area contributed by atoms with Gasteiger partial charge in [0.25, 0.3) is 0 Å². The molecule has 1 aliphatic heterocycles. The van der Waals surface area contributed by atoms with Crippen LogP contribution in [0.5, 0.6) is 0 Å². The van der Waals surface area contributed by atoms with Crippen molar-refractivity contribution in [1.29, 1.82) is 0 Å². The molecule has 3 rings (SSSR count). The van der Waals surface area contributed by atoms with Crippen LogP contribution < -0.4 is 5.32 Å². The Bertz CT molecular complexity index is 824. The summed E-state index contributed by atoms with van der Waals surface area (Å²) in [6.07, 6.45) is 0.770. The molecule has 1 saturated heterocycles. The number of hydrogen-bond acceptors (Lipinski definition) is 3. The molecule has 2 aromatic rings. The molecule has 0 aliphatic carbocycles. The molecule has 142 valence electrons. The van der Waals surface area contributed by atoms with E-state index in [1.54, 1.807) is 25.1 Å². The summed E-state index contributed by atoms with van der Waals surface area (Å²) >= 11 is 12.0. The number of rotatable bonds is 4. The first-order chi connectivity index (χ1) is 12.9. The predicted octanol–water partition coefficient (Wildman–Crippen LogP) is 5.12. The molecule has 5 nitrogen and oxygen atoms in total. The van der Waals surface area contributed by atoms with E-state index >= 15 is 0 Å².